The van der Waals surface area contributed by atoms with E-state index < -0.39 is 22.0 Å². The van der Waals surface area contributed by atoms with Crippen LogP contribution in [0.15, 0.2) is 77.7 Å². The Kier molecular flexibility index (Phi) is 7.50. The van der Waals surface area contributed by atoms with Gasteiger partial charge in [-0.15, -0.1) is 0 Å². The Labute approximate surface area is 188 Å². The third kappa shape index (κ3) is 6.09. The molecule has 3 aromatic rings. The van der Waals surface area contributed by atoms with Crippen molar-refractivity contribution in [1.82, 2.24) is 4.72 Å². The quantitative estimate of drug-likeness (QED) is 0.497. The highest BCUT2D eigenvalue weighted by Gasteiger charge is 2.23. The lowest BCUT2D eigenvalue weighted by atomic mass is 10.2. The van der Waals surface area contributed by atoms with Gasteiger partial charge in [0.25, 0.3) is 0 Å². The summed E-state index contributed by atoms with van der Waals surface area (Å²) in [5.74, 6) is 1.47. The van der Waals surface area contributed by atoms with E-state index in [1.807, 2.05) is 37.3 Å². The van der Waals surface area contributed by atoms with Gasteiger partial charge in [-0.2, -0.15) is 4.72 Å². The van der Waals surface area contributed by atoms with Crippen LogP contribution in [0.4, 0.5) is 5.69 Å². The highest BCUT2D eigenvalue weighted by atomic mass is 32.2. The maximum absolute atomic E-state index is 12.7. The Hall–Kier alpha value is -3.36. The van der Waals surface area contributed by atoms with E-state index >= 15 is 0 Å². The molecule has 0 spiro atoms. The smallest absolute Gasteiger partial charge is 0.242 e. The van der Waals surface area contributed by atoms with Crippen LogP contribution in [0.25, 0.3) is 0 Å². The minimum absolute atomic E-state index is 0.0699. The molecule has 3 rings (SSSR count). The summed E-state index contributed by atoms with van der Waals surface area (Å²) in [7, 11) is -3.88. The third-order valence-corrected chi connectivity index (χ3v) is 6.12. The largest absolute Gasteiger partial charge is 0.494 e. The molecule has 168 valence electrons. The van der Waals surface area contributed by atoms with Crippen molar-refractivity contribution in [3.63, 3.8) is 0 Å². The summed E-state index contributed by atoms with van der Waals surface area (Å²) in [6.07, 6.45) is 0. The second-order valence-corrected chi connectivity index (χ2v) is 8.85. The van der Waals surface area contributed by atoms with Crippen LogP contribution >= 0.6 is 0 Å². The van der Waals surface area contributed by atoms with E-state index in [-0.39, 0.29) is 4.90 Å². The number of rotatable bonds is 9. The van der Waals surface area contributed by atoms with Crippen molar-refractivity contribution in [2.75, 3.05) is 11.9 Å². The molecule has 8 heteroatoms. The molecule has 0 aromatic heterocycles. The molecule has 0 radical (unpaired) electrons. The lowest BCUT2D eigenvalue weighted by Crippen LogP contribution is -2.41. The zero-order valence-electron chi connectivity index (χ0n) is 18.2. The first-order valence-corrected chi connectivity index (χ1v) is 11.7. The number of carbonyl (C=O) groups is 1. The Morgan fingerprint density at radius 2 is 1.62 bits per heavy atom. The summed E-state index contributed by atoms with van der Waals surface area (Å²) in [5, 5.41) is 2.70. The summed E-state index contributed by atoms with van der Waals surface area (Å²) in [6, 6.07) is 19.8. The molecular formula is C24H26N2O5S. The summed E-state index contributed by atoms with van der Waals surface area (Å²) >= 11 is 0. The van der Waals surface area contributed by atoms with E-state index in [0.717, 1.165) is 0 Å². The fourth-order valence-corrected chi connectivity index (χ4v) is 4.23. The number of amides is 1. The van der Waals surface area contributed by atoms with Gasteiger partial charge in [0, 0.05) is 5.69 Å². The number of sulfonamides is 1. The van der Waals surface area contributed by atoms with Crippen molar-refractivity contribution in [3.05, 3.63) is 78.4 Å². The second-order valence-electron chi connectivity index (χ2n) is 7.13. The van der Waals surface area contributed by atoms with E-state index in [1.165, 1.54) is 19.1 Å². The fourth-order valence-electron chi connectivity index (χ4n) is 2.94. The lowest BCUT2D eigenvalue weighted by Gasteiger charge is -2.16. The van der Waals surface area contributed by atoms with Gasteiger partial charge in [-0.05, 0) is 80.9 Å². The Morgan fingerprint density at radius 1 is 0.969 bits per heavy atom. The SMILES string of the molecule is CCOc1ccc(S(=O)(=O)N[C@@H](C)C(=O)Nc2ccc(Oc3ccccc3)cc2)cc1C. The predicted octanol–water partition coefficient (Wildman–Crippen LogP) is 4.49. The van der Waals surface area contributed by atoms with Crippen LogP contribution in [-0.4, -0.2) is 27.0 Å². The number of hydrogen-bond donors (Lipinski definition) is 2. The first kappa shape index (κ1) is 23.3. The van der Waals surface area contributed by atoms with Crippen molar-refractivity contribution >= 4 is 21.6 Å². The van der Waals surface area contributed by atoms with Crippen molar-refractivity contribution in [3.8, 4) is 17.2 Å². The molecule has 0 saturated carbocycles. The molecule has 1 amide bonds. The van der Waals surface area contributed by atoms with Gasteiger partial charge in [0.15, 0.2) is 0 Å². The van der Waals surface area contributed by atoms with Crippen molar-refractivity contribution in [2.45, 2.75) is 31.7 Å². The maximum atomic E-state index is 12.7. The molecule has 32 heavy (non-hydrogen) atoms. The fraction of sp³-hybridized carbons (Fsp3) is 0.208. The van der Waals surface area contributed by atoms with E-state index in [2.05, 4.69) is 10.0 Å². The molecule has 0 bridgehead atoms. The lowest BCUT2D eigenvalue weighted by molar-refractivity contribution is -0.117. The maximum Gasteiger partial charge on any atom is 0.242 e. The first-order valence-electron chi connectivity index (χ1n) is 10.2. The minimum Gasteiger partial charge on any atom is -0.494 e. The molecule has 0 aliphatic heterocycles. The van der Waals surface area contributed by atoms with Gasteiger partial charge in [-0.1, -0.05) is 18.2 Å². The average molecular weight is 455 g/mol. The topological polar surface area (TPSA) is 93.7 Å². The normalized spacial score (nSPS) is 12.1. The number of aryl methyl sites for hydroxylation is 1. The van der Waals surface area contributed by atoms with Gasteiger partial charge in [0.2, 0.25) is 15.9 Å². The van der Waals surface area contributed by atoms with Crippen LogP contribution in [0.2, 0.25) is 0 Å². The molecule has 0 fully saturated rings. The third-order valence-electron chi connectivity index (χ3n) is 4.58. The van der Waals surface area contributed by atoms with Crippen LogP contribution in [0.1, 0.15) is 19.4 Å². The molecule has 0 saturated heterocycles. The molecule has 2 N–H and O–H groups in total. The molecule has 3 aromatic carbocycles. The molecule has 7 nitrogen and oxygen atoms in total. The summed E-state index contributed by atoms with van der Waals surface area (Å²) in [4.78, 5) is 12.6. The highest BCUT2D eigenvalue weighted by Crippen LogP contribution is 2.23. The van der Waals surface area contributed by atoms with Crippen LogP contribution in [-0.2, 0) is 14.8 Å². The van der Waals surface area contributed by atoms with Gasteiger partial charge < -0.3 is 14.8 Å². The number of carbonyl (C=O) groups excluding carboxylic acids is 1. The van der Waals surface area contributed by atoms with Crippen molar-refractivity contribution in [1.29, 1.82) is 0 Å². The predicted molar refractivity (Wildman–Crippen MR) is 124 cm³/mol. The molecule has 0 heterocycles. The number of nitrogens with one attached hydrogen (secondary N) is 2. The summed E-state index contributed by atoms with van der Waals surface area (Å²) in [6.45, 7) is 5.60. The summed E-state index contributed by atoms with van der Waals surface area (Å²) < 4.78 is 39.0. The van der Waals surface area contributed by atoms with E-state index in [0.29, 0.717) is 35.1 Å². The first-order chi connectivity index (χ1) is 15.3. The van der Waals surface area contributed by atoms with Crippen LogP contribution < -0.4 is 19.5 Å². The van der Waals surface area contributed by atoms with Gasteiger partial charge in [-0.3, -0.25) is 4.79 Å². The van der Waals surface area contributed by atoms with Gasteiger partial charge >= 0.3 is 0 Å². The molecule has 0 aliphatic carbocycles. The Morgan fingerprint density at radius 3 is 2.25 bits per heavy atom. The minimum atomic E-state index is -3.88. The second kappa shape index (κ2) is 10.3. The molecule has 1 atom stereocenters. The molecular weight excluding hydrogens is 428 g/mol. The Bertz CT molecular complexity index is 1160. The average Bonchev–Trinajstić information content (AvgIpc) is 2.77. The number of hydrogen-bond acceptors (Lipinski definition) is 5. The van der Waals surface area contributed by atoms with Crippen molar-refractivity contribution in [2.24, 2.45) is 0 Å². The highest BCUT2D eigenvalue weighted by molar-refractivity contribution is 7.89. The standard InChI is InChI=1S/C24H26N2O5S/c1-4-30-23-15-14-22(16-17(23)2)32(28,29)26-18(3)24(27)25-19-10-12-21(13-11-19)31-20-8-6-5-7-9-20/h5-16,18,26H,4H2,1-3H3,(H,25,27)/t18-/m0/s1. The van der Waals surface area contributed by atoms with Gasteiger partial charge in [0.1, 0.15) is 17.2 Å². The van der Waals surface area contributed by atoms with Crippen LogP contribution in [0.3, 0.4) is 0 Å². The monoisotopic (exact) mass is 454 g/mol. The van der Waals surface area contributed by atoms with Crippen molar-refractivity contribution < 1.29 is 22.7 Å². The van der Waals surface area contributed by atoms with E-state index in [9.17, 15) is 13.2 Å². The number of ether oxygens (including phenoxy) is 2. The zero-order valence-corrected chi connectivity index (χ0v) is 19.0. The number of para-hydroxylation sites is 1. The molecule has 0 unspecified atom stereocenters. The Balaban J connectivity index is 1.61. The van der Waals surface area contributed by atoms with E-state index in [1.54, 1.807) is 37.3 Å². The zero-order chi connectivity index (χ0) is 23.1. The summed E-state index contributed by atoms with van der Waals surface area (Å²) in [5.41, 5.74) is 1.23. The number of anilines is 1. The van der Waals surface area contributed by atoms with Gasteiger partial charge in [0.05, 0.1) is 17.5 Å². The number of benzene rings is 3. The van der Waals surface area contributed by atoms with Gasteiger partial charge in [-0.25, -0.2) is 8.42 Å². The van der Waals surface area contributed by atoms with Crippen LogP contribution in [0.5, 0.6) is 17.2 Å². The van der Waals surface area contributed by atoms with Crippen LogP contribution in [0, 0.1) is 6.92 Å². The van der Waals surface area contributed by atoms with E-state index in [4.69, 9.17) is 9.47 Å². The molecule has 0 aliphatic rings.